The maximum atomic E-state index is 12.5. The van der Waals surface area contributed by atoms with Crippen molar-refractivity contribution in [3.63, 3.8) is 0 Å². The Bertz CT molecular complexity index is 476. The Balaban J connectivity index is 2.79. The summed E-state index contributed by atoms with van der Waals surface area (Å²) in [6.45, 7) is 5.58. The summed E-state index contributed by atoms with van der Waals surface area (Å²) in [7, 11) is 0. The quantitative estimate of drug-likeness (QED) is 0.708. The molecule has 0 atom stereocenters. The van der Waals surface area contributed by atoms with Crippen LogP contribution in [0.1, 0.15) is 38.7 Å². The van der Waals surface area contributed by atoms with Crippen molar-refractivity contribution in [2.24, 2.45) is 0 Å². The van der Waals surface area contributed by atoms with Gasteiger partial charge in [0.25, 0.3) is 0 Å². The van der Waals surface area contributed by atoms with Crippen LogP contribution in [0.4, 0.5) is 0 Å². The fraction of sp³-hybridized carbons (Fsp3) is 0.556. The van der Waals surface area contributed by atoms with Gasteiger partial charge in [0, 0.05) is 26.2 Å². The summed E-state index contributed by atoms with van der Waals surface area (Å²) in [4.78, 5) is 28.1. The zero-order valence-corrected chi connectivity index (χ0v) is 14.2. The predicted octanol–water partition coefficient (Wildman–Crippen LogP) is 2.05. The standard InChI is InChI=1S/C18H28N2O3/c1-3-5-12-19(11-4-2)17(22)18(23)20(13-14-21)15-16-9-7-6-8-10-16/h6-10,21H,3-5,11-15H2,1-2H3. The molecular formula is C18H28N2O3. The van der Waals surface area contributed by atoms with Gasteiger partial charge >= 0.3 is 11.8 Å². The van der Waals surface area contributed by atoms with E-state index in [1.54, 1.807) is 4.90 Å². The molecule has 1 N–H and O–H groups in total. The molecule has 1 aromatic carbocycles. The Morgan fingerprint density at radius 2 is 1.57 bits per heavy atom. The van der Waals surface area contributed by atoms with Crippen LogP contribution in [-0.4, -0.2) is 53.0 Å². The summed E-state index contributed by atoms with van der Waals surface area (Å²) in [5.41, 5.74) is 0.942. The van der Waals surface area contributed by atoms with Crippen LogP contribution in [0.2, 0.25) is 0 Å². The summed E-state index contributed by atoms with van der Waals surface area (Å²) in [6.07, 6.45) is 2.69. The Kier molecular flexibility index (Phi) is 8.98. The molecule has 0 aliphatic rings. The van der Waals surface area contributed by atoms with E-state index in [1.165, 1.54) is 4.90 Å². The molecule has 0 aromatic heterocycles. The number of carbonyl (C=O) groups is 2. The van der Waals surface area contributed by atoms with Crippen molar-refractivity contribution in [2.45, 2.75) is 39.7 Å². The Morgan fingerprint density at radius 3 is 2.13 bits per heavy atom. The zero-order chi connectivity index (χ0) is 17.1. The van der Waals surface area contributed by atoms with Crippen molar-refractivity contribution in [1.82, 2.24) is 9.80 Å². The number of aliphatic hydroxyl groups is 1. The number of carbonyl (C=O) groups excluding carboxylic acids is 2. The van der Waals surface area contributed by atoms with Crippen molar-refractivity contribution in [2.75, 3.05) is 26.2 Å². The van der Waals surface area contributed by atoms with Crippen LogP contribution < -0.4 is 0 Å². The lowest BCUT2D eigenvalue weighted by atomic mass is 10.2. The molecule has 0 fully saturated rings. The molecule has 0 bridgehead atoms. The van der Waals surface area contributed by atoms with E-state index in [2.05, 4.69) is 6.92 Å². The predicted molar refractivity (Wildman–Crippen MR) is 90.7 cm³/mol. The second kappa shape index (κ2) is 10.8. The first-order chi connectivity index (χ1) is 11.1. The third-order valence-electron chi connectivity index (χ3n) is 3.62. The van der Waals surface area contributed by atoms with Gasteiger partial charge in [-0.3, -0.25) is 9.59 Å². The van der Waals surface area contributed by atoms with Crippen LogP contribution >= 0.6 is 0 Å². The van der Waals surface area contributed by atoms with E-state index in [0.29, 0.717) is 19.6 Å². The van der Waals surface area contributed by atoms with Crippen LogP contribution in [-0.2, 0) is 16.1 Å². The topological polar surface area (TPSA) is 60.9 Å². The molecule has 0 unspecified atom stereocenters. The first kappa shape index (κ1) is 19.2. The molecule has 0 saturated carbocycles. The fourth-order valence-electron chi connectivity index (χ4n) is 2.38. The van der Waals surface area contributed by atoms with Gasteiger partial charge in [-0.25, -0.2) is 0 Å². The normalized spacial score (nSPS) is 10.4. The number of rotatable bonds is 9. The van der Waals surface area contributed by atoms with E-state index in [-0.39, 0.29) is 13.2 Å². The SMILES string of the molecule is CCCCN(CCC)C(=O)C(=O)N(CCO)Cc1ccccc1. The maximum absolute atomic E-state index is 12.5. The zero-order valence-electron chi connectivity index (χ0n) is 14.2. The number of benzene rings is 1. The van der Waals surface area contributed by atoms with E-state index < -0.39 is 11.8 Å². The van der Waals surface area contributed by atoms with Gasteiger partial charge in [0.05, 0.1) is 6.61 Å². The minimum Gasteiger partial charge on any atom is -0.395 e. The highest BCUT2D eigenvalue weighted by molar-refractivity contribution is 6.34. The van der Waals surface area contributed by atoms with Crippen molar-refractivity contribution in [3.8, 4) is 0 Å². The van der Waals surface area contributed by atoms with Gasteiger partial charge in [0.2, 0.25) is 0 Å². The van der Waals surface area contributed by atoms with Gasteiger partial charge in [0.15, 0.2) is 0 Å². The molecule has 0 radical (unpaired) electrons. The van der Waals surface area contributed by atoms with Crippen LogP contribution in [0.3, 0.4) is 0 Å². The average Bonchev–Trinajstić information content (AvgIpc) is 2.58. The van der Waals surface area contributed by atoms with Gasteiger partial charge in [-0.1, -0.05) is 50.6 Å². The Morgan fingerprint density at radius 1 is 0.913 bits per heavy atom. The van der Waals surface area contributed by atoms with Gasteiger partial charge < -0.3 is 14.9 Å². The summed E-state index contributed by atoms with van der Waals surface area (Å²) < 4.78 is 0. The van der Waals surface area contributed by atoms with E-state index >= 15 is 0 Å². The van der Waals surface area contributed by atoms with E-state index in [9.17, 15) is 14.7 Å². The largest absolute Gasteiger partial charge is 0.395 e. The summed E-state index contributed by atoms with van der Waals surface area (Å²) in [6, 6.07) is 9.50. The molecule has 0 saturated heterocycles. The maximum Gasteiger partial charge on any atom is 0.312 e. The van der Waals surface area contributed by atoms with Gasteiger partial charge in [-0.05, 0) is 18.4 Å². The summed E-state index contributed by atoms with van der Waals surface area (Å²) in [5, 5.41) is 9.21. The van der Waals surface area contributed by atoms with Crippen molar-refractivity contribution < 1.29 is 14.7 Å². The highest BCUT2D eigenvalue weighted by atomic mass is 16.3. The minimum absolute atomic E-state index is 0.158. The van der Waals surface area contributed by atoms with Crippen molar-refractivity contribution in [1.29, 1.82) is 0 Å². The number of unbranched alkanes of at least 4 members (excludes halogenated alkanes) is 1. The van der Waals surface area contributed by atoms with Crippen LogP contribution in [0.25, 0.3) is 0 Å². The highest BCUT2D eigenvalue weighted by Gasteiger charge is 2.26. The number of hydrogen-bond acceptors (Lipinski definition) is 3. The number of hydrogen-bond donors (Lipinski definition) is 1. The van der Waals surface area contributed by atoms with E-state index in [4.69, 9.17) is 0 Å². The molecule has 5 nitrogen and oxygen atoms in total. The van der Waals surface area contributed by atoms with Gasteiger partial charge in [-0.15, -0.1) is 0 Å². The van der Waals surface area contributed by atoms with E-state index in [0.717, 1.165) is 24.8 Å². The minimum atomic E-state index is -0.535. The molecule has 0 aliphatic heterocycles. The first-order valence-electron chi connectivity index (χ1n) is 8.37. The Hall–Kier alpha value is -1.88. The first-order valence-corrected chi connectivity index (χ1v) is 8.37. The lowest BCUT2D eigenvalue weighted by Crippen LogP contribution is -2.46. The molecule has 2 amide bonds. The van der Waals surface area contributed by atoms with E-state index in [1.807, 2.05) is 37.3 Å². The summed E-state index contributed by atoms with van der Waals surface area (Å²) >= 11 is 0. The monoisotopic (exact) mass is 320 g/mol. The van der Waals surface area contributed by atoms with Crippen molar-refractivity contribution in [3.05, 3.63) is 35.9 Å². The van der Waals surface area contributed by atoms with Crippen LogP contribution in [0, 0.1) is 0 Å². The third kappa shape index (κ3) is 6.40. The molecule has 23 heavy (non-hydrogen) atoms. The summed E-state index contributed by atoms with van der Waals surface area (Å²) in [5.74, 6) is -1.00. The second-order valence-corrected chi connectivity index (χ2v) is 5.58. The number of aliphatic hydroxyl groups excluding tert-OH is 1. The van der Waals surface area contributed by atoms with Gasteiger partial charge in [0.1, 0.15) is 0 Å². The molecule has 0 aliphatic carbocycles. The number of amides is 2. The van der Waals surface area contributed by atoms with Crippen LogP contribution in [0.15, 0.2) is 30.3 Å². The lowest BCUT2D eigenvalue weighted by Gasteiger charge is -2.26. The fourth-order valence-corrected chi connectivity index (χ4v) is 2.38. The van der Waals surface area contributed by atoms with Gasteiger partial charge in [-0.2, -0.15) is 0 Å². The molecule has 0 heterocycles. The van der Waals surface area contributed by atoms with Crippen molar-refractivity contribution >= 4 is 11.8 Å². The second-order valence-electron chi connectivity index (χ2n) is 5.58. The van der Waals surface area contributed by atoms with Crippen LogP contribution in [0.5, 0.6) is 0 Å². The number of nitrogens with zero attached hydrogens (tertiary/aromatic N) is 2. The molecule has 128 valence electrons. The molecule has 0 spiro atoms. The average molecular weight is 320 g/mol. The lowest BCUT2D eigenvalue weighted by molar-refractivity contribution is -0.152. The Labute approximate surface area is 138 Å². The smallest absolute Gasteiger partial charge is 0.312 e. The third-order valence-corrected chi connectivity index (χ3v) is 3.62. The molecule has 5 heteroatoms. The molecule has 1 rings (SSSR count). The molecular weight excluding hydrogens is 292 g/mol. The molecule has 1 aromatic rings. The highest BCUT2D eigenvalue weighted by Crippen LogP contribution is 2.07.